The summed E-state index contributed by atoms with van der Waals surface area (Å²) in [5.74, 6) is 0.436. The Kier molecular flexibility index (Phi) is 16.0. The number of fused-ring (bicyclic) bond motifs is 4. The van der Waals surface area contributed by atoms with Gasteiger partial charge >= 0.3 is 5.97 Å². The Morgan fingerprint density at radius 3 is 1.57 bits per heavy atom. The van der Waals surface area contributed by atoms with Crippen LogP contribution in [0.15, 0.2) is 87.9 Å². The molecule has 2 saturated heterocycles. The van der Waals surface area contributed by atoms with Gasteiger partial charge in [0.15, 0.2) is 23.0 Å². The van der Waals surface area contributed by atoms with Crippen LogP contribution in [0.2, 0.25) is 0 Å². The van der Waals surface area contributed by atoms with Gasteiger partial charge in [-0.3, -0.25) is 19.6 Å². The number of carbonyl (C=O) groups excluding carboxylic acids is 3. The van der Waals surface area contributed by atoms with Crippen LogP contribution in [0.25, 0.3) is 0 Å². The molecule has 0 spiro atoms. The van der Waals surface area contributed by atoms with Gasteiger partial charge in [-0.05, 0) is 68.1 Å². The van der Waals surface area contributed by atoms with Crippen LogP contribution in [0.5, 0.6) is 40.5 Å². The summed E-state index contributed by atoms with van der Waals surface area (Å²) in [5, 5.41) is 19.2. The van der Waals surface area contributed by atoms with Gasteiger partial charge in [-0.25, -0.2) is 4.79 Å². The minimum absolute atomic E-state index is 0.0633. The van der Waals surface area contributed by atoms with Crippen molar-refractivity contribution in [2.24, 2.45) is 9.98 Å². The van der Waals surface area contributed by atoms with Crippen molar-refractivity contribution in [1.29, 1.82) is 0 Å². The molecule has 1 aromatic heterocycles. The molecule has 19 nitrogen and oxygen atoms in total. The topological polar surface area (TPSA) is 211 Å². The van der Waals surface area contributed by atoms with E-state index in [0.29, 0.717) is 82.3 Å². The van der Waals surface area contributed by atoms with Gasteiger partial charge in [0, 0.05) is 49.8 Å². The lowest BCUT2D eigenvalue weighted by atomic mass is 10.1. The Morgan fingerprint density at radius 1 is 0.629 bits per heavy atom. The number of allylic oxidation sites excluding steroid dienone is 2. The first-order chi connectivity index (χ1) is 34.0. The van der Waals surface area contributed by atoms with Crippen LogP contribution in [0.4, 0.5) is 11.4 Å². The SMILES string of the molecule is CC=C1C[C@H]2C=Nc3cc(OCc4cc(COc5cc6c(cc5OC)C(=O)N5CC(=CC)C[C@H]5C=N6)cc(OCCOCCOCCOCCC(=O)On5c(O)ccc5O)c4)c(OC)cc3C(=O)N2C1. The van der Waals surface area contributed by atoms with E-state index in [1.807, 2.05) is 66.4 Å². The zero-order chi connectivity index (χ0) is 49.1. The normalized spacial score (nSPS) is 18.1. The number of aliphatic imine (C=N–C) groups is 2. The van der Waals surface area contributed by atoms with Gasteiger partial charge in [0.25, 0.3) is 11.8 Å². The minimum atomic E-state index is -0.691. The first kappa shape index (κ1) is 49.1. The van der Waals surface area contributed by atoms with E-state index >= 15 is 0 Å². The van der Waals surface area contributed by atoms with E-state index in [9.17, 15) is 24.6 Å². The molecule has 0 saturated carbocycles. The van der Waals surface area contributed by atoms with Crippen LogP contribution in [0, 0.1) is 0 Å². The van der Waals surface area contributed by atoms with E-state index in [-0.39, 0.29) is 76.6 Å². The maximum absolute atomic E-state index is 13.7. The van der Waals surface area contributed by atoms with Gasteiger partial charge in [-0.2, -0.15) is 0 Å². The third-order valence-electron chi connectivity index (χ3n) is 12.1. The van der Waals surface area contributed by atoms with Crippen LogP contribution in [0.1, 0.15) is 65.0 Å². The summed E-state index contributed by atoms with van der Waals surface area (Å²) in [4.78, 5) is 57.3. The van der Waals surface area contributed by atoms with Gasteiger partial charge in [0.05, 0.1) is 94.9 Å². The van der Waals surface area contributed by atoms with E-state index in [0.717, 1.165) is 24.0 Å². The zero-order valence-electron chi connectivity index (χ0n) is 39.6. The van der Waals surface area contributed by atoms with E-state index in [4.69, 9.17) is 52.7 Å². The number of carbonyl (C=O) groups is 3. The summed E-state index contributed by atoms with van der Waals surface area (Å²) in [5.41, 5.74) is 5.78. The predicted molar refractivity (Wildman–Crippen MR) is 256 cm³/mol. The molecule has 0 unspecified atom stereocenters. The zero-order valence-corrected chi connectivity index (χ0v) is 39.6. The van der Waals surface area contributed by atoms with Crippen molar-refractivity contribution >= 4 is 41.6 Å². The third-order valence-corrected chi connectivity index (χ3v) is 12.1. The molecule has 4 aliphatic heterocycles. The number of rotatable bonds is 22. The fourth-order valence-corrected chi connectivity index (χ4v) is 8.39. The summed E-state index contributed by atoms with van der Waals surface area (Å²) in [6, 6.07) is 14.6. The second-order valence-electron chi connectivity index (χ2n) is 16.7. The molecule has 2 N–H and O–H groups in total. The van der Waals surface area contributed by atoms with Gasteiger partial charge in [-0.15, -0.1) is 4.73 Å². The summed E-state index contributed by atoms with van der Waals surface area (Å²) in [7, 11) is 3.06. The molecule has 2 atom stereocenters. The van der Waals surface area contributed by atoms with Crippen LogP contribution in [-0.2, 0) is 32.2 Å². The molecule has 2 fully saturated rings. The highest BCUT2D eigenvalue weighted by Gasteiger charge is 2.36. The van der Waals surface area contributed by atoms with Crippen molar-refractivity contribution < 1.29 is 67.3 Å². The highest BCUT2D eigenvalue weighted by Crippen LogP contribution is 2.41. The Balaban J connectivity index is 0.886. The molecule has 2 amide bonds. The van der Waals surface area contributed by atoms with Crippen molar-refractivity contribution in [3.8, 4) is 40.5 Å². The summed E-state index contributed by atoms with van der Waals surface area (Å²) in [6.45, 7) is 6.93. The highest BCUT2D eigenvalue weighted by molar-refractivity contribution is 6.05. The van der Waals surface area contributed by atoms with E-state index < -0.39 is 17.7 Å². The van der Waals surface area contributed by atoms with Gasteiger partial charge in [0.1, 0.15) is 25.6 Å². The van der Waals surface area contributed by atoms with Gasteiger partial charge in [-0.1, -0.05) is 23.3 Å². The summed E-state index contributed by atoms with van der Waals surface area (Å²) < 4.78 is 47.7. The van der Waals surface area contributed by atoms with Crippen molar-refractivity contribution in [1.82, 2.24) is 14.5 Å². The first-order valence-electron chi connectivity index (χ1n) is 23.0. The van der Waals surface area contributed by atoms with E-state index in [1.54, 1.807) is 24.3 Å². The molecule has 5 heterocycles. The van der Waals surface area contributed by atoms with Gasteiger partial charge < -0.3 is 62.7 Å². The molecule has 0 radical (unpaired) electrons. The number of hydrogen-bond donors (Lipinski definition) is 2. The monoisotopic (exact) mass is 963 g/mol. The molecule has 4 aromatic rings. The number of aromatic nitrogens is 1. The molecule has 3 aromatic carbocycles. The Labute approximate surface area is 405 Å². The van der Waals surface area contributed by atoms with E-state index in [2.05, 4.69) is 0 Å². The molecule has 8 rings (SSSR count). The second-order valence-corrected chi connectivity index (χ2v) is 16.7. The predicted octanol–water partition coefficient (Wildman–Crippen LogP) is 6.30. The lowest BCUT2D eigenvalue weighted by Gasteiger charge is -2.20. The van der Waals surface area contributed by atoms with Crippen molar-refractivity contribution in [3.63, 3.8) is 0 Å². The average Bonchev–Trinajstić information content (AvgIpc) is 4.04. The first-order valence-corrected chi connectivity index (χ1v) is 23.0. The van der Waals surface area contributed by atoms with Crippen LogP contribution in [-0.4, -0.2) is 141 Å². The fourth-order valence-electron chi connectivity index (χ4n) is 8.39. The molecule has 19 heteroatoms. The maximum Gasteiger partial charge on any atom is 0.335 e. The second kappa shape index (κ2) is 22.8. The lowest BCUT2D eigenvalue weighted by molar-refractivity contribution is -0.146. The molecule has 0 aliphatic carbocycles. The Morgan fingerprint density at radius 2 is 1.10 bits per heavy atom. The quantitative estimate of drug-likeness (QED) is 0.0654. The number of methoxy groups -OCH3 is 2. The molecular formula is C51H57N5O14. The van der Waals surface area contributed by atoms with Crippen LogP contribution >= 0.6 is 0 Å². The van der Waals surface area contributed by atoms with Crippen molar-refractivity contribution in [3.05, 3.63) is 100 Å². The van der Waals surface area contributed by atoms with Crippen LogP contribution < -0.4 is 28.5 Å². The number of aromatic hydroxyl groups is 2. The summed E-state index contributed by atoms with van der Waals surface area (Å²) in [6.07, 6.45) is 9.14. The van der Waals surface area contributed by atoms with Gasteiger partial charge in [0.2, 0.25) is 11.8 Å². The largest absolute Gasteiger partial charge is 0.493 e. The number of hydrogen-bond acceptors (Lipinski definition) is 16. The minimum Gasteiger partial charge on any atom is -0.493 e. The fraction of sp³-hybridized carbons (Fsp3) is 0.392. The summed E-state index contributed by atoms with van der Waals surface area (Å²) >= 11 is 0. The molecule has 4 aliphatic rings. The molecule has 370 valence electrons. The Hall–Kier alpha value is -7.35. The average molecular weight is 964 g/mol. The van der Waals surface area contributed by atoms with E-state index in [1.165, 1.54) is 37.5 Å². The van der Waals surface area contributed by atoms with Crippen molar-refractivity contribution in [2.75, 3.05) is 73.6 Å². The number of amides is 2. The highest BCUT2D eigenvalue weighted by atomic mass is 16.7. The Bertz CT molecular complexity index is 2540. The standard InChI is InChI=1S/C51H57N5O14/c1-5-32-18-36-26-52-41-24-45(43(62-3)22-39(41)50(60)54(36)28-32)68-30-34-17-35(31-69-46-25-42-40(23-44(46)63-4)51(61)55-29-33(6-2)19-37(55)27-53-42)21-38(20-34)67-16-15-66-14-13-65-12-11-64-10-9-49(59)70-56-47(57)7-8-48(56)58/h5-8,17,20-27,36-37,57-58H,9-16,18-19,28-31H2,1-4H3/t36-,37-/m0/s1. The third kappa shape index (κ3) is 11.6. The number of benzene rings is 3. The lowest BCUT2D eigenvalue weighted by Crippen LogP contribution is -2.35. The number of nitrogens with zero attached hydrogens (tertiary/aromatic N) is 5. The smallest absolute Gasteiger partial charge is 0.335 e. The molecule has 70 heavy (non-hydrogen) atoms. The number of ether oxygens (including phenoxy) is 8. The molecular weight excluding hydrogens is 907 g/mol. The maximum atomic E-state index is 13.7. The van der Waals surface area contributed by atoms with Crippen LogP contribution in [0.3, 0.4) is 0 Å². The van der Waals surface area contributed by atoms with Crippen molar-refractivity contribution in [2.45, 2.75) is 58.4 Å². The molecule has 0 bridgehead atoms.